The van der Waals surface area contributed by atoms with E-state index < -0.39 is 24.2 Å². The average Bonchev–Trinajstić information content (AvgIpc) is 2.17. The van der Waals surface area contributed by atoms with Crippen LogP contribution in [0, 0.1) is 0 Å². The van der Waals surface area contributed by atoms with Crippen molar-refractivity contribution >= 4 is 5.97 Å². The van der Waals surface area contributed by atoms with Crippen molar-refractivity contribution < 1.29 is 23.1 Å². The lowest BCUT2D eigenvalue weighted by Crippen LogP contribution is -2.54. The normalized spacial score (nSPS) is 15.8. The molecule has 0 radical (unpaired) electrons. The molecule has 0 aromatic carbocycles. The van der Waals surface area contributed by atoms with Crippen LogP contribution in [0.2, 0.25) is 0 Å². The maximum absolute atomic E-state index is 12.1. The molecule has 0 fully saturated rings. The van der Waals surface area contributed by atoms with Crippen LogP contribution >= 0.6 is 0 Å². The van der Waals surface area contributed by atoms with E-state index in [0.29, 0.717) is 6.42 Å². The van der Waals surface area contributed by atoms with Gasteiger partial charge >= 0.3 is 12.1 Å². The van der Waals surface area contributed by atoms with Crippen LogP contribution in [0.1, 0.15) is 39.5 Å². The molecule has 0 spiro atoms. The van der Waals surface area contributed by atoms with Gasteiger partial charge in [0.2, 0.25) is 0 Å². The summed E-state index contributed by atoms with van der Waals surface area (Å²) in [4.78, 5) is 11.0. The second-order valence-electron chi connectivity index (χ2n) is 3.81. The molecule has 0 aliphatic rings. The maximum Gasteiger partial charge on any atom is 0.401 e. The summed E-state index contributed by atoms with van der Waals surface area (Å²) in [7, 11) is 0. The molecule has 96 valence electrons. The number of alkyl halides is 3. The number of halogens is 3. The molecule has 3 nitrogen and oxygen atoms in total. The molecular weight excluding hydrogens is 223 g/mol. The van der Waals surface area contributed by atoms with Crippen LogP contribution in [-0.2, 0) is 4.79 Å². The van der Waals surface area contributed by atoms with E-state index in [1.807, 2.05) is 6.92 Å². The summed E-state index contributed by atoms with van der Waals surface area (Å²) >= 11 is 0. The highest BCUT2D eigenvalue weighted by atomic mass is 19.4. The molecule has 2 N–H and O–H groups in total. The van der Waals surface area contributed by atoms with Crippen LogP contribution in [0.4, 0.5) is 13.2 Å². The lowest BCUT2D eigenvalue weighted by Gasteiger charge is -2.30. The molecular formula is C10H18F3NO2. The van der Waals surface area contributed by atoms with Crippen molar-refractivity contribution in [1.82, 2.24) is 5.32 Å². The number of carboxylic acids is 1. The molecule has 6 heteroatoms. The fraction of sp³-hybridized carbons (Fsp3) is 0.900. The molecule has 0 heterocycles. The molecule has 0 amide bonds. The van der Waals surface area contributed by atoms with Crippen LogP contribution < -0.4 is 5.32 Å². The molecule has 0 aromatic rings. The third kappa shape index (κ3) is 4.83. The minimum absolute atomic E-state index is 0.137. The first-order chi connectivity index (χ1) is 7.27. The van der Waals surface area contributed by atoms with E-state index in [2.05, 4.69) is 5.32 Å². The quantitative estimate of drug-likeness (QED) is 0.720. The first kappa shape index (κ1) is 15.2. The third-order valence-corrected chi connectivity index (χ3v) is 2.60. The highest BCUT2D eigenvalue weighted by Gasteiger charge is 2.39. The van der Waals surface area contributed by atoms with Crippen molar-refractivity contribution in [3.05, 3.63) is 0 Å². The fourth-order valence-corrected chi connectivity index (χ4v) is 1.47. The summed E-state index contributed by atoms with van der Waals surface area (Å²) in [6.45, 7) is 2.18. The monoisotopic (exact) mass is 241 g/mol. The number of hydrogen-bond donors (Lipinski definition) is 2. The van der Waals surface area contributed by atoms with Gasteiger partial charge in [0.15, 0.2) is 0 Å². The van der Waals surface area contributed by atoms with E-state index in [-0.39, 0.29) is 12.8 Å². The Balaban J connectivity index is 4.57. The topological polar surface area (TPSA) is 49.3 Å². The Bertz CT molecular complexity index is 231. The number of carbonyl (C=O) groups is 1. The average molecular weight is 241 g/mol. The molecule has 0 saturated heterocycles. The fourth-order valence-electron chi connectivity index (χ4n) is 1.47. The minimum Gasteiger partial charge on any atom is -0.480 e. The molecule has 16 heavy (non-hydrogen) atoms. The molecule has 1 atom stereocenters. The molecule has 0 aromatic heterocycles. The van der Waals surface area contributed by atoms with Gasteiger partial charge in [0.05, 0.1) is 6.54 Å². The zero-order valence-corrected chi connectivity index (χ0v) is 9.52. The zero-order valence-electron chi connectivity index (χ0n) is 9.52. The van der Waals surface area contributed by atoms with Crippen molar-refractivity contribution in [3.63, 3.8) is 0 Å². The smallest absolute Gasteiger partial charge is 0.401 e. The standard InChI is InChI=1S/C10H18F3NO2/c1-3-5-6-9(4-2,8(15)16)14-7-10(11,12)13/h14H,3-7H2,1-2H3,(H,15,16). The maximum atomic E-state index is 12.1. The van der Waals surface area contributed by atoms with Gasteiger partial charge in [-0.15, -0.1) is 0 Å². The predicted octanol–water partition coefficient (Wildman–Crippen LogP) is 2.56. The molecule has 1 unspecified atom stereocenters. The molecule has 0 aliphatic heterocycles. The van der Waals surface area contributed by atoms with Gasteiger partial charge in [-0.05, 0) is 12.8 Å². The van der Waals surface area contributed by atoms with E-state index in [0.717, 1.165) is 6.42 Å². The Morgan fingerprint density at radius 3 is 2.19 bits per heavy atom. The summed E-state index contributed by atoms with van der Waals surface area (Å²) in [6, 6.07) is 0. The Labute approximate surface area is 93.0 Å². The zero-order chi connectivity index (χ0) is 12.8. The lowest BCUT2D eigenvalue weighted by atomic mass is 9.89. The second kappa shape index (κ2) is 6.08. The van der Waals surface area contributed by atoms with Gasteiger partial charge in [0, 0.05) is 0 Å². The SMILES string of the molecule is CCCCC(CC)(NCC(F)(F)F)C(=O)O. The largest absolute Gasteiger partial charge is 0.480 e. The van der Waals surface area contributed by atoms with E-state index in [1.165, 1.54) is 0 Å². The Morgan fingerprint density at radius 2 is 1.88 bits per heavy atom. The van der Waals surface area contributed by atoms with Crippen molar-refractivity contribution in [1.29, 1.82) is 0 Å². The third-order valence-electron chi connectivity index (χ3n) is 2.60. The van der Waals surface area contributed by atoms with E-state index >= 15 is 0 Å². The number of unbranched alkanes of at least 4 members (excludes halogenated alkanes) is 1. The summed E-state index contributed by atoms with van der Waals surface area (Å²) in [5, 5.41) is 11.1. The minimum atomic E-state index is -4.39. The van der Waals surface area contributed by atoms with Gasteiger partial charge in [0.25, 0.3) is 0 Å². The van der Waals surface area contributed by atoms with Gasteiger partial charge in [-0.2, -0.15) is 13.2 Å². The van der Waals surface area contributed by atoms with E-state index in [9.17, 15) is 18.0 Å². The van der Waals surface area contributed by atoms with Crippen molar-refractivity contribution in [3.8, 4) is 0 Å². The number of hydrogen-bond acceptors (Lipinski definition) is 2. The molecule has 0 saturated carbocycles. The molecule has 0 rings (SSSR count). The summed E-state index contributed by atoms with van der Waals surface area (Å²) in [6.07, 6.45) is -2.69. The Hall–Kier alpha value is -0.780. The first-order valence-corrected chi connectivity index (χ1v) is 5.32. The van der Waals surface area contributed by atoms with Crippen LogP contribution in [0.3, 0.4) is 0 Å². The number of nitrogens with one attached hydrogen (secondary N) is 1. The van der Waals surface area contributed by atoms with Crippen LogP contribution in [0.25, 0.3) is 0 Å². The first-order valence-electron chi connectivity index (χ1n) is 5.32. The summed E-state index contributed by atoms with van der Waals surface area (Å²) < 4.78 is 36.2. The Kier molecular flexibility index (Phi) is 5.78. The number of rotatable bonds is 7. The van der Waals surface area contributed by atoms with Crippen molar-refractivity contribution in [2.45, 2.75) is 51.2 Å². The number of carboxylic acid groups (broad SMARTS) is 1. The highest BCUT2D eigenvalue weighted by Crippen LogP contribution is 2.22. The van der Waals surface area contributed by atoms with Crippen LogP contribution in [-0.4, -0.2) is 29.3 Å². The second-order valence-corrected chi connectivity index (χ2v) is 3.81. The van der Waals surface area contributed by atoms with Gasteiger partial charge in [-0.25, -0.2) is 0 Å². The lowest BCUT2D eigenvalue weighted by molar-refractivity contribution is -0.151. The summed E-state index contributed by atoms with van der Waals surface area (Å²) in [5.41, 5.74) is -1.45. The highest BCUT2D eigenvalue weighted by molar-refractivity contribution is 5.78. The van der Waals surface area contributed by atoms with Crippen molar-refractivity contribution in [2.24, 2.45) is 0 Å². The van der Waals surface area contributed by atoms with Gasteiger partial charge < -0.3 is 5.11 Å². The van der Waals surface area contributed by atoms with E-state index in [1.54, 1.807) is 6.92 Å². The summed E-state index contributed by atoms with van der Waals surface area (Å²) in [5.74, 6) is -1.22. The van der Waals surface area contributed by atoms with Gasteiger partial charge in [-0.1, -0.05) is 26.7 Å². The Morgan fingerprint density at radius 1 is 1.31 bits per heavy atom. The molecule has 0 bridgehead atoms. The molecule has 0 aliphatic carbocycles. The van der Waals surface area contributed by atoms with Crippen LogP contribution in [0.15, 0.2) is 0 Å². The number of aliphatic carboxylic acids is 1. The van der Waals surface area contributed by atoms with Crippen LogP contribution in [0.5, 0.6) is 0 Å². The van der Waals surface area contributed by atoms with Gasteiger partial charge in [0.1, 0.15) is 5.54 Å². The van der Waals surface area contributed by atoms with Gasteiger partial charge in [-0.3, -0.25) is 10.1 Å². The van der Waals surface area contributed by atoms with E-state index in [4.69, 9.17) is 5.11 Å². The van der Waals surface area contributed by atoms with Crippen molar-refractivity contribution in [2.75, 3.05) is 6.54 Å². The predicted molar refractivity (Wildman–Crippen MR) is 54.2 cm³/mol.